The number of carbonyl (C=O) groups is 2. The van der Waals surface area contributed by atoms with E-state index in [0.29, 0.717) is 5.57 Å². The summed E-state index contributed by atoms with van der Waals surface area (Å²) in [6.07, 6.45) is 15.0. The van der Waals surface area contributed by atoms with E-state index in [1.165, 1.54) is 0 Å². The number of hydrogen-bond acceptors (Lipinski definition) is 3. The van der Waals surface area contributed by atoms with Crippen LogP contribution in [0.25, 0.3) is 5.57 Å². The van der Waals surface area contributed by atoms with Crippen LogP contribution < -0.4 is 0 Å². The van der Waals surface area contributed by atoms with E-state index in [9.17, 15) is 14.7 Å². The lowest BCUT2D eigenvalue weighted by Crippen LogP contribution is -2.12. The van der Waals surface area contributed by atoms with Gasteiger partial charge in [0.05, 0.1) is 6.61 Å². The summed E-state index contributed by atoms with van der Waals surface area (Å²) in [6, 6.07) is 7.40. The third kappa shape index (κ3) is 5.03. The molecule has 0 saturated carbocycles. The summed E-state index contributed by atoms with van der Waals surface area (Å²) in [7, 11) is 0. The van der Waals surface area contributed by atoms with Crippen LogP contribution in [0.15, 0.2) is 76.9 Å². The van der Waals surface area contributed by atoms with Gasteiger partial charge in [0.15, 0.2) is 11.6 Å². The Morgan fingerprint density at radius 2 is 1.37 bits per heavy atom. The molecule has 0 atom stereocenters. The van der Waals surface area contributed by atoms with Gasteiger partial charge in [-0.3, -0.25) is 9.59 Å². The molecule has 3 heteroatoms. The van der Waals surface area contributed by atoms with Crippen molar-refractivity contribution in [3.05, 3.63) is 88.1 Å². The topological polar surface area (TPSA) is 54.4 Å². The molecule has 3 nitrogen and oxygen atoms in total. The highest BCUT2D eigenvalue weighted by Gasteiger charge is 2.22. The second kappa shape index (κ2) is 10.3. The maximum atomic E-state index is 12.9. The lowest BCUT2D eigenvalue weighted by Gasteiger charge is -2.18. The number of unbranched alkanes of at least 4 members (excludes halogenated alkanes) is 2. The average molecular weight is 403 g/mol. The fourth-order valence-corrected chi connectivity index (χ4v) is 3.75. The molecule has 0 saturated heterocycles. The van der Waals surface area contributed by atoms with Crippen LogP contribution in [0.5, 0.6) is 0 Å². The van der Waals surface area contributed by atoms with E-state index in [-0.39, 0.29) is 18.2 Å². The molecule has 1 aromatic rings. The molecule has 0 spiro atoms. The Balaban J connectivity index is 2.03. The molecule has 1 N–H and O–H groups in total. The van der Waals surface area contributed by atoms with Crippen molar-refractivity contribution in [2.75, 3.05) is 0 Å². The molecule has 0 aliphatic heterocycles. The average Bonchev–Trinajstić information content (AvgIpc) is 2.78. The first-order chi connectivity index (χ1) is 14.6. The summed E-state index contributed by atoms with van der Waals surface area (Å²) < 4.78 is 0. The van der Waals surface area contributed by atoms with E-state index in [4.69, 9.17) is 0 Å². The fraction of sp³-hybridized carbons (Fsp3) is 0.333. The molecule has 0 amide bonds. The van der Waals surface area contributed by atoms with Gasteiger partial charge in [0.1, 0.15) is 0 Å². The molecule has 2 aliphatic rings. The monoisotopic (exact) mass is 402 g/mol. The zero-order chi connectivity index (χ0) is 21.5. The van der Waals surface area contributed by atoms with Crippen LogP contribution in [0.3, 0.4) is 0 Å². The quantitative estimate of drug-likeness (QED) is 0.597. The molecule has 0 radical (unpaired) electrons. The molecule has 30 heavy (non-hydrogen) atoms. The van der Waals surface area contributed by atoms with Crippen molar-refractivity contribution in [1.29, 1.82) is 0 Å². The molecule has 156 valence electrons. The number of hydrogen-bond donors (Lipinski definition) is 1. The highest BCUT2D eigenvalue weighted by atomic mass is 16.3. The Bertz CT molecular complexity index is 936. The Labute approximate surface area is 179 Å². The SMILES string of the molecule is CCCCC1=CC(=C2C=CC(=O)C(c3ccc(CO)cc3)=C2)C=C(CCCC)C1=O. The minimum absolute atomic E-state index is 0.0207. The predicted octanol–water partition coefficient (Wildman–Crippen LogP) is 5.81. The van der Waals surface area contributed by atoms with Crippen LogP contribution in [-0.4, -0.2) is 16.7 Å². The number of aliphatic hydroxyl groups excluding tert-OH is 1. The number of benzene rings is 1. The van der Waals surface area contributed by atoms with Crippen LogP contribution in [-0.2, 0) is 16.2 Å². The molecule has 0 unspecified atom stereocenters. The lowest BCUT2D eigenvalue weighted by molar-refractivity contribution is -0.112. The highest BCUT2D eigenvalue weighted by Crippen LogP contribution is 2.31. The normalized spacial score (nSPS) is 16.6. The van der Waals surface area contributed by atoms with E-state index in [0.717, 1.165) is 71.9 Å². The first-order valence-electron chi connectivity index (χ1n) is 10.9. The van der Waals surface area contributed by atoms with E-state index < -0.39 is 0 Å². The van der Waals surface area contributed by atoms with Crippen LogP contribution in [0.1, 0.15) is 63.5 Å². The predicted molar refractivity (Wildman–Crippen MR) is 122 cm³/mol. The molecule has 0 fully saturated rings. The first-order valence-corrected chi connectivity index (χ1v) is 10.9. The van der Waals surface area contributed by atoms with Crippen LogP contribution in [0.2, 0.25) is 0 Å². The minimum atomic E-state index is -0.0339. The second-order valence-corrected chi connectivity index (χ2v) is 7.90. The summed E-state index contributed by atoms with van der Waals surface area (Å²) in [5, 5.41) is 9.26. The fourth-order valence-electron chi connectivity index (χ4n) is 3.75. The molecule has 2 aliphatic carbocycles. The summed E-state index contributed by atoms with van der Waals surface area (Å²) >= 11 is 0. The lowest BCUT2D eigenvalue weighted by atomic mass is 9.84. The van der Waals surface area contributed by atoms with Gasteiger partial charge in [-0.15, -0.1) is 0 Å². The van der Waals surface area contributed by atoms with Gasteiger partial charge in [-0.1, -0.05) is 57.0 Å². The Kier molecular flexibility index (Phi) is 7.53. The van der Waals surface area contributed by atoms with Crippen LogP contribution in [0.4, 0.5) is 0 Å². The van der Waals surface area contributed by atoms with Gasteiger partial charge in [0.2, 0.25) is 0 Å². The number of aliphatic hydroxyl groups is 1. The van der Waals surface area contributed by atoms with E-state index in [1.54, 1.807) is 6.08 Å². The zero-order valence-electron chi connectivity index (χ0n) is 17.9. The smallest absolute Gasteiger partial charge is 0.186 e. The Hall–Kier alpha value is -2.78. The second-order valence-electron chi connectivity index (χ2n) is 7.90. The Morgan fingerprint density at radius 3 is 1.90 bits per heavy atom. The summed E-state index contributed by atoms with van der Waals surface area (Å²) in [6.45, 7) is 4.24. The van der Waals surface area contributed by atoms with Crippen molar-refractivity contribution in [2.24, 2.45) is 0 Å². The van der Waals surface area contributed by atoms with Crippen molar-refractivity contribution in [3.8, 4) is 0 Å². The Morgan fingerprint density at radius 1 is 0.767 bits per heavy atom. The van der Waals surface area contributed by atoms with E-state index >= 15 is 0 Å². The minimum Gasteiger partial charge on any atom is -0.392 e. The number of allylic oxidation sites excluding steroid dienone is 10. The molecular weight excluding hydrogens is 372 g/mol. The van der Waals surface area contributed by atoms with E-state index in [1.807, 2.05) is 48.6 Å². The maximum absolute atomic E-state index is 12.9. The van der Waals surface area contributed by atoms with Crippen molar-refractivity contribution in [2.45, 2.75) is 59.0 Å². The summed E-state index contributed by atoms with van der Waals surface area (Å²) in [5.74, 6) is 0.147. The van der Waals surface area contributed by atoms with Crippen LogP contribution in [0, 0.1) is 0 Å². The van der Waals surface area contributed by atoms with E-state index in [2.05, 4.69) is 13.8 Å². The number of rotatable bonds is 8. The number of ketones is 2. The van der Waals surface area contributed by atoms with Gasteiger partial charge in [0.25, 0.3) is 0 Å². The highest BCUT2D eigenvalue weighted by molar-refractivity contribution is 6.28. The van der Waals surface area contributed by atoms with Crippen molar-refractivity contribution < 1.29 is 14.7 Å². The largest absolute Gasteiger partial charge is 0.392 e. The first kappa shape index (κ1) is 21.9. The maximum Gasteiger partial charge on any atom is 0.186 e. The van der Waals surface area contributed by atoms with Crippen molar-refractivity contribution >= 4 is 17.1 Å². The zero-order valence-corrected chi connectivity index (χ0v) is 17.9. The van der Waals surface area contributed by atoms with Gasteiger partial charge in [-0.2, -0.15) is 0 Å². The molecule has 0 aromatic heterocycles. The molecule has 1 aromatic carbocycles. The molecule has 0 heterocycles. The van der Waals surface area contributed by atoms with Gasteiger partial charge in [-0.25, -0.2) is 0 Å². The third-order valence-electron chi connectivity index (χ3n) is 5.60. The molecule has 0 bridgehead atoms. The number of carbonyl (C=O) groups excluding carboxylic acids is 2. The van der Waals surface area contributed by atoms with Crippen molar-refractivity contribution in [1.82, 2.24) is 0 Å². The summed E-state index contributed by atoms with van der Waals surface area (Å²) in [5.41, 5.74) is 5.98. The summed E-state index contributed by atoms with van der Waals surface area (Å²) in [4.78, 5) is 25.4. The van der Waals surface area contributed by atoms with Gasteiger partial charge in [0, 0.05) is 16.7 Å². The molecular formula is C27H30O3. The van der Waals surface area contributed by atoms with Crippen molar-refractivity contribution in [3.63, 3.8) is 0 Å². The van der Waals surface area contributed by atoms with Gasteiger partial charge >= 0.3 is 0 Å². The third-order valence-corrected chi connectivity index (χ3v) is 5.60. The van der Waals surface area contributed by atoms with Crippen LogP contribution >= 0.6 is 0 Å². The standard InChI is InChI=1S/C27H30O3/c1-3-5-7-22-15-24(16-23(27(22)30)8-6-4-2)21-13-14-26(29)25(17-21)20-11-9-19(18-28)10-12-20/h9-17,28H,3-8,18H2,1-2H3. The van der Waals surface area contributed by atoms with Gasteiger partial charge in [-0.05, 0) is 72.3 Å². The molecule has 3 rings (SSSR count). The van der Waals surface area contributed by atoms with Gasteiger partial charge < -0.3 is 5.11 Å². The number of Topliss-reactive ketones (excluding diaryl/α,β-unsaturated/α-hetero) is 1.